The lowest BCUT2D eigenvalue weighted by atomic mass is 10.0. The van der Waals surface area contributed by atoms with Crippen LogP contribution in [0.5, 0.6) is 0 Å². The molecule has 0 aliphatic rings. The van der Waals surface area contributed by atoms with E-state index in [0.29, 0.717) is 10.9 Å². The molecule has 31 heavy (non-hydrogen) atoms. The van der Waals surface area contributed by atoms with Gasteiger partial charge in [-0.2, -0.15) is 0 Å². The molecule has 4 aromatic rings. The van der Waals surface area contributed by atoms with Crippen molar-refractivity contribution in [2.45, 2.75) is 0 Å². The lowest BCUT2D eigenvalue weighted by Crippen LogP contribution is -2.20. The fourth-order valence-electron chi connectivity index (χ4n) is 3.06. The first kappa shape index (κ1) is 20.1. The molecular weight excluding hydrogens is 407 g/mol. The number of urea groups is 1. The smallest absolute Gasteiger partial charge is 0.308 e. The molecule has 0 bridgehead atoms. The lowest BCUT2D eigenvalue weighted by Gasteiger charge is -2.11. The predicted octanol–water partition coefficient (Wildman–Crippen LogP) is 5.53. The van der Waals surface area contributed by atoms with Crippen molar-refractivity contribution < 1.29 is 22.8 Å². The number of nitrogens with one attached hydrogen (secondary N) is 2. The molecular formula is C23H14F3N3O2. The van der Waals surface area contributed by atoms with Crippen LogP contribution in [0.3, 0.4) is 0 Å². The zero-order chi connectivity index (χ0) is 22.0. The van der Waals surface area contributed by atoms with Crippen LogP contribution in [-0.4, -0.2) is 16.8 Å². The van der Waals surface area contributed by atoms with Gasteiger partial charge in [-0.3, -0.25) is 9.78 Å². The molecule has 1 aromatic heterocycles. The molecule has 0 atom stereocenters. The van der Waals surface area contributed by atoms with E-state index >= 15 is 0 Å². The van der Waals surface area contributed by atoms with Gasteiger partial charge in [0.1, 0.15) is 5.82 Å². The maximum absolute atomic E-state index is 14.4. The van der Waals surface area contributed by atoms with E-state index in [-0.39, 0.29) is 16.9 Å². The van der Waals surface area contributed by atoms with E-state index in [1.54, 1.807) is 24.4 Å². The molecule has 154 valence electrons. The Bertz CT molecular complexity index is 1320. The summed E-state index contributed by atoms with van der Waals surface area (Å²) >= 11 is 0. The third-order valence-corrected chi connectivity index (χ3v) is 4.48. The Morgan fingerprint density at radius 2 is 1.61 bits per heavy atom. The first-order valence-electron chi connectivity index (χ1n) is 9.13. The largest absolute Gasteiger partial charge is 0.323 e. The highest BCUT2D eigenvalue weighted by molar-refractivity contribution is 6.11. The Morgan fingerprint density at radius 1 is 0.806 bits per heavy atom. The number of hydrogen-bond acceptors (Lipinski definition) is 3. The Balaban J connectivity index is 1.61. The quantitative estimate of drug-likeness (QED) is 0.426. The van der Waals surface area contributed by atoms with Crippen molar-refractivity contribution in [3.63, 3.8) is 0 Å². The van der Waals surface area contributed by atoms with Gasteiger partial charge in [-0.15, -0.1) is 0 Å². The second-order valence-corrected chi connectivity index (χ2v) is 6.65. The molecule has 0 saturated carbocycles. The van der Waals surface area contributed by atoms with E-state index in [4.69, 9.17) is 0 Å². The predicted molar refractivity (Wildman–Crippen MR) is 111 cm³/mol. The summed E-state index contributed by atoms with van der Waals surface area (Å²) in [5.74, 6) is -3.93. The number of pyridine rings is 1. The van der Waals surface area contributed by atoms with Crippen LogP contribution in [0.4, 0.5) is 29.3 Å². The van der Waals surface area contributed by atoms with Crippen LogP contribution in [-0.2, 0) is 0 Å². The molecule has 8 heteroatoms. The molecule has 0 aliphatic heterocycles. The Morgan fingerprint density at radius 3 is 2.42 bits per heavy atom. The van der Waals surface area contributed by atoms with Crippen molar-refractivity contribution in [2.75, 3.05) is 10.6 Å². The van der Waals surface area contributed by atoms with E-state index in [2.05, 4.69) is 15.6 Å². The summed E-state index contributed by atoms with van der Waals surface area (Å²) in [6.45, 7) is 0. The second-order valence-electron chi connectivity index (χ2n) is 6.65. The zero-order valence-corrected chi connectivity index (χ0v) is 15.8. The number of carbonyl (C=O) groups excluding carboxylic acids is 2. The van der Waals surface area contributed by atoms with Gasteiger partial charge in [0.15, 0.2) is 17.4 Å². The number of carbonyl (C=O) groups is 2. The van der Waals surface area contributed by atoms with Gasteiger partial charge in [-0.1, -0.05) is 12.1 Å². The van der Waals surface area contributed by atoms with Gasteiger partial charge >= 0.3 is 6.03 Å². The average molecular weight is 421 g/mol. The Hall–Kier alpha value is -4.20. The minimum absolute atomic E-state index is 0.139. The van der Waals surface area contributed by atoms with Gasteiger partial charge in [0, 0.05) is 34.6 Å². The van der Waals surface area contributed by atoms with Crippen molar-refractivity contribution in [3.8, 4) is 0 Å². The number of fused-ring (bicyclic) bond motifs is 1. The summed E-state index contributed by atoms with van der Waals surface area (Å²) in [5, 5.41) is 5.35. The van der Waals surface area contributed by atoms with Crippen molar-refractivity contribution in [1.29, 1.82) is 0 Å². The van der Waals surface area contributed by atoms with E-state index in [0.717, 1.165) is 18.2 Å². The molecule has 0 fully saturated rings. The molecule has 0 spiro atoms. The molecule has 2 N–H and O–H groups in total. The maximum atomic E-state index is 14.4. The third-order valence-electron chi connectivity index (χ3n) is 4.48. The molecule has 0 saturated heterocycles. The molecule has 3 aromatic carbocycles. The topological polar surface area (TPSA) is 71.1 Å². The number of ketones is 1. The highest BCUT2D eigenvalue weighted by Gasteiger charge is 2.20. The second kappa shape index (κ2) is 8.27. The fourth-order valence-corrected chi connectivity index (χ4v) is 3.06. The van der Waals surface area contributed by atoms with E-state index in [9.17, 15) is 22.8 Å². The monoisotopic (exact) mass is 421 g/mol. The zero-order valence-electron chi connectivity index (χ0n) is 15.8. The van der Waals surface area contributed by atoms with Crippen molar-refractivity contribution in [2.24, 2.45) is 0 Å². The van der Waals surface area contributed by atoms with Gasteiger partial charge in [-0.25, -0.2) is 18.0 Å². The Kier molecular flexibility index (Phi) is 5.36. The molecule has 0 radical (unpaired) electrons. The molecule has 1 heterocycles. The number of amides is 2. The minimum Gasteiger partial charge on any atom is -0.308 e. The van der Waals surface area contributed by atoms with Crippen LogP contribution < -0.4 is 10.6 Å². The molecule has 0 aliphatic carbocycles. The number of aromatic nitrogens is 1. The summed E-state index contributed by atoms with van der Waals surface area (Å²) in [7, 11) is 0. The summed E-state index contributed by atoms with van der Waals surface area (Å²) in [5.41, 5.74) is 0.277. The molecule has 0 unspecified atom stereocenters. The normalized spacial score (nSPS) is 10.7. The van der Waals surface area contributed by atoms with E-state index in [1.165, 1.54) is 30.3 Å². The van der Waals surface area contributed by atoms with Crippen molar-refractivity contribution in [3.05, 3.63) is 102 Å². The van der Waals surface area contributed by atoms with Crippen LogP contribution in [0, 0.1) is 17.5 Å². The molecule has 2 amide bonds. The standard InChI is InChI=1S/C23H14F3N3O2/c24-15-4-1-5-16(10-15)28-23(31)29-17-11-18(21(26)19(25)12-17)22(30)14-6-7-20-13(9-14)3-2-8-27-20/h1-12H,(H2,28,29,31). The van der Waals surface area contributed by atoms with Gasteiger partial charge in [-0.05, 0) is 48.5 Å². The average Bonchev–Trinajstić information content (AvgIpc) is 2.75. The number of anilines is 2. The van der Waals surface area contributed by atoms with Crippen LogP contribution in [0.1, 0.15) is 15.9 Å². The molecule has 5 nitrogen and oxygen atoms in total. The van der Waals surface area contributed by atoms with Crippen LogP contribution >= 0.6 is 0 Å². The summed E-state index contributed by atoms with van der Waals surface area (Å²) in [6, 6.07) is 14.2. The highest BCUT2D eigenvalue weighted by Crippen LogP contribution is 2.23. The third kappa shape index (κ3) is 4.37. The summed E-state index contributed by atoms with van der Waals surface area (Å²) < 4.78 is 41.8. The first-order valence-corrected chi connectivity index (χ1v) is 9.13. The fraction of sp³-hybridized carbons (Fsp3) is 0. The number of rotatable bonds is 4. The number of halogens is 3. The number of benzene rings is 3. The highest BCUT2D eigenvalue weighted by atomic mass is 19.2. The van der Waals surface area contributed by atoms with E-state index in [1.807, 2.05) is 0 Å². The van der Waals surface area contributed by atoms with Gasteiger partial charge in [0.2, 0.25) is 0 Å². The van der Waals surface area contributed by atoms with Gasteiger partial charge in [0.25, 0.3) is 0 Å². The van der Waals surface area contributed by atoms with Crippen LogP contribution in [0.2, 0.25) is 0 Å². The molecule has 4 rings (SSSR count). The first-order chi connectivity index (χ1) is 14.9. The SMILES string of the molecule is O=C(Nc1cccc(F)c1)Nc1cc(F)c(F)c(C(=O)c2ccc3ncccc3c2)c1. The van der Waals surface area contributed by atoms with Crippen molar-refractivity contribution >= 4 is 34.1 Å². The minimum atomic E-state index is -1.33. The Labute approximate surface area is 174 Å². The van der Waals surface area contributed by atoms with Gasteiger partial charge in [0.05, 0.1) is 11.1 Å². The number of nitrogens with zero attached hydrogens (tertiary/aromatic N) is 1. The maximum Gasteiger partial charge on any atom is 0.323 e. The van der Waals surface area contributed by atoms with Crippen LogP contribution in [0.15, 0.2) is 72.9 Å². The summed E-state index contributed by atoms with van der Waals surface area (Å²) in [4.78, 5) is 29.1. The van der Waals surface area contributed by atoms with Crippen molar-refractivity contribution in [1.82, 2.24) is 4.98 Å². The number of hydrogen-bond donors (Lipinski definition) is 2. The lowest BCUT2D eigenvalue weighted by molar-refractivity contribution is 0.103. The van der Waals surface area contributed by atoms with Crippen LogP contribution in [0.25, 0.3) is 10.9 Å². The van der Waals surface area contributed by atoms with Gasteiger partial charge < -0.3 is 10.6 Å². The van der Waals surface area contributed by atoms with E-state index < -0.39 is 34.8 Å². The summed E-state index contributed by atoms with van der Waals surface area (Å²) in [6.07, 6.45) is 1.60.